The first-order valence-corrected chi connectivity index (χ1v) is 1.87. The van der Waals surface area contributed by atoms with Gasteiger partial charge in [-0.15, -0.1) is 0 Å². The molecule has 0 heterocycles. The van der Waals surface area contributed by atoms with E-state index in [1.165, 1.54) is 0 Å². The van der Waals surface area contributed by atoms with Crippen molar-refractivity contribution in [2.75, 3.05) is 0 Å². The Kier molecular flexibility index (Phi) is 6.69. The van der Waals surface area contributed by atoms with Gasteiger partial charge < -0.3 is 0 Å². The number of hydrogen-bond acceptors (Lipinski definition) is 6. The van der Waals surface area contributed by atoms with E-state index in [-0.39, 0.29) is 51.4 Å². The molecule has 11 heavy (non-hydrogen) atoms. The molecule has 0 aliphatic carbocycles. The Bertz CT molecular complexity index is 157. The van der Waals surface area contributed by atoms with E-state index in [0.29, 0.717) is 0 Å². The normalized spacial score (nSPS) is 8.45. The number of rotatable bonds is 3. The molecule has 0 aliphatic rings. The third kappa shape index (κ3) is 4.31. The summed E-state index contributed by atoms with van der Waals surface area (Å²) in [6.45, 7) is 0. The summed E-state index contributed by atoms with van der Waals surface area (Å²) in [5, 5.41) is 28.5. The molecule has 0 spiro atoms. The van der Waals surface area contributed by atoms with Crippen LogP contribution < -0.4 is 0 Å². The summed E-state index contributed by atoms with van der Waals surface area (Å²) in [4.78, 5) is 23.8. The van der Waals surface area contributed by atoms with Gasteiger partial charge >= 0.3 is 6.29 Å². The number of nitrogens with zero attached hydrogens (tertiary/aromatic N) is 3. The maximum absolute atomic E-state index is 9.50. The van der Waals surface area contributed by atoms with Gasteiger partial charge in [0.1, 0.15) is 0 Å². The van der Waals surface area contributed by atoms with E-state index in [2.05, 4.69) is 0 Å². The van der Waals surface area contributed by atoms with Crippen LogP contribution in [0.4, 0.5) is 0 Å². The van der Waals surface area contributed by atoms with Crippen molar-refractivity contribution >= 4 is 51.4 Å². The summed E-state index contributed by atoms with van der Waals surface area (Å²) in [6, 6.07) is 0. The standard InChI is InChI=1S/CHN3O6.K/c5-2(6)1(3(7)8)4(9)10;/h1H;. The van der Waals surface area contributed by atoms with Crippen LogP contribution in [0, 0.1) is 30.3 Å². The molecular weight excluding hydrogens is 189 g/mol. The Morgan fingerprint density at radius 1 is 0.818 bits per heavy atom. The van der Waals surface area contributed by atoms with E-state index >= 15 is 0 Å². The van der Waals surface area contributed by atoms with Gasteiger partial charge in [-0.25, -0.2) is 0 Å². The van der Waals surface area contributed by atoms with Gasteiger partial charge in [0.25, 0.3) is 0 Å². The molecule has 0 unspecified atom stereocenters. The molecular formula is CHKN3O6. The molecule has 10 heteroatoms. The van der Waals surface area contributed by atoms with Gasteiger partial charge in [-0.1, -0.05) is 0 Å². The summed E-state index contributed by atoms with van der Waals surface area (Å²) in [5.41, 5.74) is 0. The number of nitro groups is 3. The fourth-order valence-electron chi connectivity index (χ4n) is 0.231. The van der Waals surface area contributed by atoms with E-state index < -0.39 is 21.1 Å². The Morgan fingerprint density at radius 3 is 1.00 bits per heavy atom. The van der Waals surface area contributed by atoms with Crippen molar-refractivity contribution in [3.8, 4) is 0 Å². The molecule has 0 amide bonds. The molecule has 0 saturated heterocycles. The SMILES string of the molecule is O=[N+]([O-])C([N+](=O)[O-])[N+](=O)[O-].[K]. The first-order valence-electron chi connectivity index (χ1n) is 1.87. The van der Waals surface area contributed by atoms with Gasteiger partial charge in [0, 0.05) is 51.4 Å². The number of hydrogen-bond donors (Lipinski definition) is 0. The molecule has 0 fully saturated rings. The van der Waals surface area contributed by atoms with Crippen LogP contribution in [0.15, 0.2) is 0 Å². The van der Waals surface area contributed by atoms with E-state index in [1.807, 2.05) is 0 Å². The monoisotopic (exact) mass is 190 g/mol. The van der Waals surface area contributed by atoms with Crippen molar-refractivity contribution < 1.29 is 14.8 Å². The Labute approximate surface area is 102 Å². The molecule has 0 rings (SSSR count). The van der Waals surface area contributed by atoms with Crippen LogP contribution in [-0.4, -0.2) is 72.4 Å². The molecule has 0 saturated carbocycles. The van der Waals surface area contributed by atoms with E-state index in [1.54, 1.807) is 0 Å². The molecule has 57 valence electrons. The van der Waals surface area contributed by atoms with Crippen molar-refractivity contribution in [3.63, 3.8) is 0 Å². The summed E-state index contributed by atoms with van der Waals surface area (Å²) < 4.78 is 0. The van der Waals surface area contributed by atoms with Crippen molar-refractivity contribution in [2.24, 2.45) is 0 Å². The minimum atomic E-state index is -2.94. The van der Waals surface area contributed by atoms with E-state index in [9.17, 15) is 30.3 Å². The van der Waals surface area contributed by atoms with Gasteiger partial charge in [-0.3, -0.25) is 30.3 Å². The summed E-state index contributed by atoms with van der Waals surface area (Å²) in [7, 11) is 0. The third-order valence-electron chi connectivity index (χ3n) is 0.566. The van der Waals surface area contributed by atoms with Crippen molar-refractivity contribution in [3.05, 3.63) is 30.3 Å². The first-order chi connectivity index (χ1) is 4.46. The first kappa shape index (κ1) is 13.4. The van der Waals surface area contributed by atoms with Gasteiger partial charge in [0.15, 0.2) is 14.8 Å². The van der Waals surface area contributed by atoms with Crippen LogP contribution in [-0.2, 0) is 0 Å². The zero-order chi connectivity index (χ0) is 8.31. The molecule has 0 bridgehead atoms. The minimum absolute atomic E-state index is 0. The van der Waals surface area contributed by atoms with E-state index in [0.717, 1.165) is 0 Å². The molecule has 0 aromatic heterocycles. The topological polar surface area (TPSA) is 129 Å². The zero-order valence-corrected chi connectivity index (χ0v) is 8.49. The van der Waals surface area contributed by atoms with Crippen LogP contribution in [0.3, 0.4) is 0 Å². The van der Waals surface area contributed by atoms with E-state index in [4.69, 9.17) is 0 Å². The Balaban J connectivity index is 0. The second-order valence-electron chi connectivity index (χ2n) is 1.20. The maximum Gasteiger partial charge on any atom is 0.693 e. The smallest absolute Gasteiger partial charge is 0.253 e. The Hall–Kier alpha value is -0.164. The quantitative estimate of drug-likeness (QED) is 0.236. The maximum atomic E-state index is 9.50. The fraction of sp³-hybridized carbons (Fsp3) is 1.00. The summed E-state index contributed by atoms with van der Waals surface area (Å²) in [5.74, 6) is 0. The molecule has 9 nitrogen and oxygen atoms in total. The van der Waals surface area contributed by atoms with Crippen LogP contribution in [0.1, 0.15) is 0 Å². The van der Waals surface area contributed by atoms with Crippen molar-refractivity contribution in [1.82, 2.24) is 0 Å². The molecule has 0 N–H and O–H groups in total. The zero-order valence-electron chi connectivity index (χ0n) is 5.37. The van der Waals surface area contributed by atoms with Gasteiger partial charge in [-0.05, 0) is 0 Å². The third-order valence-corrected chi connectivity index (χ3v) is 0.566. The molecule has 1 radical (unpaired) electrons. The largest absolute Gasteiger partial charge is 0.693 e. The molecule has 0 atom stereocenters. The summed E-state index contributed by atoms with van der Waals surface area (Å²) in [6.07, 6.45) is -2.94. The molecule has 0 aromatic carbocycles. The minimum Gasteiger partial charge on any atom is -0.253 e. The average Bonchev–Trinajstić information content (AvgIpc) is 1.59. The van der Waals surface area contributed by atoms with Crippen LogP contribution in [0.25, 0.3) is 0 Å². The molecule has 0 aliphatic heterocycles. The Morgan fingerprint density at radius 2 is 1.00 bits per heavy atom. The predicted molar refractivity (Wildman–Crippen MR) is 30.5 cm³/mol. The van der Waals surface area contributed by atoms with Crippen molar-refractivity contribution in [2.45, 2.75) is 6.29 Å². The van der Waals surface area contributed by atoms with Gasteiger partial charge in [-0.2, -0.15) is 0 Å². The predicted octanol–water partition coefficient (Wildman–Crippen LogP) is -1.28. The fourth-order valence-corrected chi connectivity index (χ4v) is 0.231. The van der Waals surface area contributed by atoms with Gasteiger partial charge in [0.2, 0.25) is 0 Å². The molecule has 0 aromatic rings. The van der Waals surface area contributed by atoms with Crippen molar-refractivity contribution in [1.29, 1.82) is 0 Å². The average molecular weight is 190 g/mol. The second kappa shape index (κ2) is 5.48. The summed E-state index contributed by atoms with van der Waals surface area (Å²) >= 11 is 0. The second-order valence-corrected chi connectivity index (χ2v) is 1.20. The van der Waals surface area contributed by atoms with Crippen LogP contribution >= 0.6 is 0 Å². The van der Waals surface area contributed by atoms with Crippen LogP contribution in [0.5, 0.6) is 0 Å². The van der Waals surface area contributed by atoms with Crippen LogP contribution in [0.2, 0.25) is 0 Å². The van der Waals surface area contributed by atoms with Gasteiger partial charge in [0.05, 0.1) is 0 Å².